The van der Waals surface area contributed by atoms with E-state index in [1.165, 1.54) is 50.5 Å². The Balaban J connectivity index is 1.52. The van der Waals surface area contributed by atoms with Gasteiger partial charge in [-0.15, -0.1) is 0 Å². The zero-order valence-electron chi connectivity index (χ0n) is 21.1. The lowest BCUT2D eigenvalue weighted by atomic mass is 9.46. The number of aliphatic hydroxyl groups is 1. The van der Waals surface area contributed by atoms with E-state index in [1.807, 2.05) is 6.08 Å². The highest BCUT2D eigenvalue weighted by molar-refractivity contribution is 5.94. The number of allylic oxidation sites excluding steroid dienone is 1. The molecule has 4 aliphatic carbocycles. The average molecular weight is 429 g/mol. The Morgan fingerprint density at radius 2 is 1.77 bits per heavy atom. The molecule has 0 bridgehead atoms. The average Bonchev–Trinajstić information content (AvgIpc) is 3.06. The monoisotopic (exact) mass is 428 g/mol. The Hall–Kier alpha value is -0.630. The summed E-state index contributed by atoms with van der Waals surface area (Å²) in [6, 6.07) is 0. The summed E-state index contributed by atoms with van der Waals surface area (Å²) in [7, 11) is 0. The molecule has 1 unspecified atom stereocenters. The Morgan fingerprint density at radius 1 is 1.03 bits per heavy atom. The summed E-state index contributed by atoms with van der Waals surface area (Å²) in [6.07, 6.45) is 13.5. The molecule has 1 N–H and O–H groups in total. The normalized spacial score (nSPS) is 44.3. The van der Waals surface area contributed by atoms with Crippen molar-refractivity contribution in [2.75, 3.05) is 0 Å². The summed E-state index contributed by atoms with van der Waals surface area (Å²) in [5.41, 5.74) is 1.75. The third-order valence-corrected chi connectivity index (χ3v) is 11.1. The number of carbonyl (C=O) groups excluding carboxylic acids is 1. The van der Waals surface area contributed by atoms with Crippen LogP contribution in [0.4, 0.5) is 0 Å². The van der Waals surface area contributed by atoms with Crippen LogP contribution in [0, 0.1) is 52.3 Å². The summed E-state index contributed by atoms with van der Waals surface area (Å²) in [5.74, 6) is 4.90. The van der Waals surface area contributed by atoms with Crippen molar-refractivity contribution in [3.8, 4) is 0 Å². The lowest BCUT2D eigenvalue weighted by Gasteiger charge is -2.57. The maximum atomic E-state index is 13.5. The minimum absolute atomic E-state index is 0.147. The zero-order chi connectivity index (χ0) is 22.6. The Kier molecular flexibility index (Phi) is 6.54. The van der Waals surface area contributed by atoms with E-state index in [-0.39, 0.29) is 17.4 Å². The highest BCUT2D eigenvalue weighted by atomic mass is 16.3. The van der Waals surface area contributed by atoms with E-state index in [1.54, 1.807) is 0 Å². The molecule has 2 heteroatoms. The molecule has 3 saturated carbocycles. The molecule has 0 aromatic carbocycles. The number of hydrogen-bond donors (Lipinski definition) is 1. The number of ketones is 1. The molecule has 0 radical (unpaired) electrons. The first kappa shape index (κ1) is 23.5. The van der Waals surface area contributed by atoms with E-state index >= 15 is 0 Å². The van der Waals surface area contributed by atoms with Gasteiger partial charge in [-0.2, -0.15) is 0 Å². The first-order chi connectivity index (χ1) is 14.6. The van der Waals surface area contributed by atoms with Gasteiger partial charge in [-0.25, -0.2) is 0 Å². The lowest BCUT2D eigenvalue weighted by Crippen LogP contribution is -2.53. The summed E-state index contributed by atoms with van der Waals surface area (Å²) in [5, 5.41) is 10.2. The van der Waals surface area contributed by atoms with Crippen molar-refractivity contribution in [1.29, 1.82) is 0 Å². The molecular formula is C29H48O2. The van der Waals surface area contributed by atoms with Gasteiger partial charge in [0.2, 0.25) is 0 Å². The molecule has 2 nitrogen and oxygen atoms in total. The van der Waals surface area contributed by atoms with Crippen molar-refractivity contribution in [3.05, 3.63) is 11.6 Å². The van der Waals surface area contributed by atoms with Crippen molar-refractivity contribution in [1.82, 2.24) is 0 Å². The maximum absolute atomic E-state index is 13.5. The molecule has 4 rings (SSSR count). The van der Waals surface area contributed by atoms with Crippen LogP contribution >= 0.6 is 0 Å². The van der Waals surface area contributed by atoms with Crippen molar-refractivity contribution < 1.29 is 9.90 Å². The van der Waals surface area contributed by atoms with Gasteiger partial charge in [0.1, 0.15) is 0 Å². The van der Waals surface area contributed by atoms with E-state index < -0.39 is 0 Å². The van der Waals surface area contributed by atoms with Crippen LogP contribution in [0.3, 0.4) is 0 Å². The van der Waals surface area contributed by atoms with E-state index in [0.717, 1.165) is 42.9 Å². The number of rotatable bonds is 6. The largest absolute Gasteiger partial charge is 0.393 e. The van der Waals surface area contributed by atoms with Crippen molar-refractivity contribution in [2.45, 2.75) is 112 Å². The SMILES string of the molecule is CC[C@@H](CC[C@@H](C)[C@H]1CC[C@H]2[C@@H]3C(=O)C=C4CC(O)CC[C@]4(C)[C@H]3CC[C@]12C)C(C)C. The van der Waals surface area contributed by atoms with Crippen molar-refractivity contribution >= 4 is 5.78 Å². The van der Waals surface area contributed by atoms with E-state index in [4.69, 9.17) is 0 Å². The molecule has 4 aliphatic rings. The van der Waals surface area contributed by atoms with Gasteiger partial charge >= 0.3 is 0 Å². The Bertz CT molecular complexity index is 708. The third kappa shape index (κ3) is 3.87. The molecule has 0 spiro atoms. The quantitative estimate of drug-likeness (QED) is 0.485. The van der Waals surface area contributed by atoms with Gasteiger partial charge in [0.05, 0.1) is 6.10 Å². The van der Waals surface area contributed by atoms with Crippen LogP contribution in [0.5, 0.6) is 0 Å². The van der Waals surface area contributed by atoms with Gasteiger partial charge in [0.15, 0.2) is 5.78 Å². The lowest BCUT2D eigenvalue weighted by molar-refractivity contribution is -0.135. The van der Waals surface area contributed by atoms with Gasteiger partial charge in [0, 0.05) is 5.92 Å². The number of aliphatic hydroxyl groups excluding tert-OH is 1. The van der Waals surface area contributed by atoms with Crippen LogP contribution in [-0.4, -0.2) is 17.0 Å². The highest BCUT2D eigenvalue weighted by Crippen LogP contribution is 2.66. The van der Waals surface area contributed by atoms with Crippen molar-refractivity contribution in [3.63, 3.8) is 0 Å². The summed E-state index contributed by atoms with van der Waals surface area (Å²) >= 11 is 0. The fourth-order valence-corrected chi connectivity index (χ4v) is 9.04. The standard InChI is InChI=1S/C29H48O2/c1-7-20(18(2)3)9-8-19(4)23-10-11-24-27-25(13-15-29(23,24)6)28(5)14-12-22(30)16-21(28)17-26(27)31/h17-20,22-25,27,30H,7-16H2,1-6H3/t19-,20+,22?,23-,24+,25+,27+,28+,29-/m1/s1. The highest BCUT2D eigenvalue weighted by Gasteiger charge is 2.61. The van der Waals surface area contributed by atoms with Gasteiger partial charge in [0.25, 0.3) is 0 Å². The Labute approximate surface area is 191 Å². The molecule has 31 heavy (non-hydrogen) atoms. The molecule has 0 amide bonds. The van der Waals surface area contributed by atoms with Gasteiger partial charge in [-0.1, -0.05) is 60.0 Å². The predicted octanol–water partition coefficient (Wildman–Crippen LogP) is 7.20. The molecule has 9 atom stereocenters. The summed E-state index contributed by atoms with van der Waals surface area (Å²) in [6.45, 7) is 14.6. The molecule has 0 aliphatic heterocycles. The van der Waals surface area contributed by atoms with Gasteiger partial charge < -0.3 is 5.11 Å². The van der Waals surface area contributed by atoms with Crippen LogP contribution in [-0.2, 0) is 4.79 Å². The number of fused-ring (bicyclic) bond motifs is 5. The maximum Gasteiger partial charge on any atom is 0.159 e. The second-order valence-corrected chi connectivity index (χ2v) is 12.8. The van der Waals surface area contributed by atoms with Crippen LogP contribution in [0.1, 0.15) is 106 Å². The Morgan fingerprint density at radius 3 is 2.45 bits per heavy atom. The minimum atomic E-state index is -0.243. The number of carbonyl (C=O) groups is 1. The molecule has 0 heterocycles. The second kappa shape index (κ2) is 8.62. The second-order valence-electron chi connectivity index (χ2n) is 12.8. The molecule has 0 aromatic heterocycles. The molecule has 0 saturated heterocycles. The van der Waals surface area contributed by atoms with E-state index in [9.17, 15) is 9.90 Å². The van der Waals surface area contributed by atoms with Crippen LogP contribution in [0.2, 0.25) is 0 Å². The molecule has 3 fully saturated rings. The van der Waals surface area contributed by atoms with Crippen LogP contribution < -0.4 is 0 Å². The molecule has 176 valence electrons. The van der Waals surface area contributed by atoms with Gasteiger partial charge in [-0.05, 0) is 104 Å². The van der Waals surface area contributed by atoms with E-state index in [0.29, 0.717) is 23.0 Å². The number of hydrogen-bond acceptors (Lipinski definition) is 2. The predicted molar refractivity (Wildman–Crippen MR) is 129 cm³/mol. The topological polar surface area (TPSA) is 37.3 Å². The third-order valence-electron chi connectivity index (χ3n) is 11.1. The molecular weight excluding hydrogens is 380 g/mol. The fourth-order valence-electron chi connectivity index (χ4n) is 9.04. The first-order valence-corrected chi connectivity index (χ1v) is 13.5. The van der Waals surface area contributed by atoms with Crippen molar-refractivity contribution in [2.24, 2.45) is 52.3 Å². The van der Waals surface area contributed by atoms with E-state index in [2.05, 4.69) is 41.5 Å². The smallest absolute Gasteiger partial charge is 0.159 e. The van der Waals surface area contributed by atoms with Crippen LogP contribution in [0.25, 0.3) is 0 Å². The zero-order valence-corrected chi connectivity index (χ0v) is 21.1. The molecule has 0 aromatic rings. The first-order valence-electron chi connectivity index (χ1n) is 13.5. The van der Waals surface area contributed by atoms with Crippen LogP contribution in [0.15, 0.2) is 11.6 Å². The van der Waals surface area contributed by atoms with Gasteiger partial charge in [-0.3, -0.25) is 4.79 Å². The minimum Gasteiger partial charge on any atom is -0.393 e. The summed E-state index contributed by atoms with van der Waals surface area (Å²) in [4.78, 5) is 13.5. The fraction of sp³-hybridized carbons (Fsp3) is 0.897. The summed E-state index contributed by atoms with van der Waals surface area (Å²) < 4.78 is 0.